The molecular formula is C10H13F9O. The molecule has 0 radical (unpaired) electrons. The molecule has 1 nitrogen and oxygen atoms in total. The highest BCUT2D eigenvalue weighted by atomic mass is 19.4. The third kappa shape index (κ3) is 3.92. The lowest BCUT2D eigenvalue weighted by Crippen LogP contribution is -2.60. The Morgan fingerprint density at radius 3 is 1.40 bits per heavy atom. The first-order chi connectivity index (χ1) is 8.81. The quantitative estimate of drug-likeness (QED) is 0.501. The van der Waals surface area contributed by atoms with Gasteiger partial charge in [-0.1, -0.05) is 13.3 Å². The number of halogens is 9. The molecule has 0 unspecified atom stereocenters. The first-order valence-corrected chi connectivity index (χ1v) is 5.59. The summed E-state index contributed by atoms with van der Waals surface area (Å²) < 4.78 is 116. The molecule has 0 aromatic carbocycles. The summed E-state index contributed by atoms with van der Waals surface area (Å²) >= 11 is 0. The summed E-state index contributed by atoms with van der Waals surface area (Å²) in [5.41, 5.74) is -5.76. The summed E-state index contributed by atoms with van der Waals surface area (Å²) in [4.78, 5) is 0. The molecule has 0 aromatic rings. The molecular weight excluding hydrogens is 307 g/mol. The van der Waals surface area contributed by atoms with E-state index in [1.54, 1.807) is 6.92 Å². The van der Waals surface area contributed by atoms with E-state index in [1.165, 1.54) is 0 Å². The normalized spacial score (nSPS) is 14.7. The van der Waals surface area contributed by atoms with Crippen LogP contribution in [0.1, 0.15) is 26.2 Å². The van der Waals surface area contributed by atoms with Crippen molar-refractivity contribution in [1.82, 2.24) is 0 Å². The second kappa shape index (κ2) is 6.40. The molecule has 0 saturated heterocycles. The van der Waals surface area contributed by atoms with Gasteiger partial charge in [0.25, 0.3) is 5.41 Å². The summed E-state index contributed by atoms with van der Waals surface area (Å²) in [5, 5.41) is 0. The highest BCUT2D eigenvalue weighted by molar-refractivity contribution is 4.99. The molecule has 0 rings (SSSR count). The predicted molar refractivity (Wildman–Crippen MR) is 50.9 cm³/mol. The van der Waals surface area contributed by atoms with E-state index in [0.29, 0.717) is 12.8 Å². The first kappa shape index (κ1) is 19.3. The predicted octanol–water partition coefficient (Wildman–Crippen LogP) is 4.87. The molecule has 0 N–H and O–H groups in total. The van der Waals surface area contributed by atoms with Crippen molar-refractivity contribution in [1.29, 1.82) is 0 Å². The van der Waals surface area contributed by atoms with Crippen LogP contribution in [0.2, 0.25) is 0 Å². The lowest BCUT2D eigenvalue weighted by molar-refractivity contribution is -0.430. The Bertz CT molecular complexity index is 253. The lowest BCUT2D eigenvalue weighted by atomic mass is 9.82. The molecule has 0 aromatic heterocycles. The fourth-order valence-corrected chi connectivity index (χ4v) is 1.48. The molecule has 0 aliphatic heterocycles. The Hall–Kier alpha value is -0.670. The van der Waals surface area contributed by atoms with Gasteiger partial charge in [-0.3, -0.25) is 0 Å². The van der Waals surface area contributed by atoms with Crippen LogP contribution < -0.4 is 0 Å². The standard InChI is InChI=1S/C10H13F9O/c1-2-3-5-20-6-4-7(8(11,12)13,9(14,15)16)10(17,18)19/h2-6H2,1H3. The second-order valence-corrected chi connectivity index (χ2v) is 4.11. The van der Waals surface area contributed by atoms with Gasteiger partial charge in [0.05, 0.1) is 0 Å². The van der Waals surface area contributed by atoms with Crippen molar-refractivity contribution in [2.75, 3.05) is 13.2 Å². The van der Waals surface area contributed by atoms with Gasteiger partial charge in [0.1, 0.15) is 0 Å². The van der Waals surface area contributed by atoms with Gasteiger partial charge in [-0.25, -0.2) is 0 Å². The summed E-state index contributed by atoms with van der Waals surface area (Å²) in [7, 11) is 0. The van der Waals surface area contributed by atoms with Crippen molar-refractivity contribution >= 4 is 0 Å². The van der Waals surface area contributed by atoms with Crippen molar-refractivity contribution in [2.24, 2.45) is 5.41 Å². The highest BCUT2D eigenvalue weighted by Crippen LogP contribution is 2.61. The molecule has 0 spiro atoms. The first-order valence-electron chi connectivity index (χ1n) is 5.59. The molecule has 0 fully saturated rings. The minimum Gasteiger partial charge on any atom is -0.381 e. The monoisotopic (exact) mass is 320 g/mol. The van der Waals surface area contributed by atoms with E-state index in [9.17, 15) is 39.5 Å². The molecule has 0 atom stereocenters. The minimum absolute atomic E-state index is 0.194. The average Bonchev–Trinajstić information content (AvgIpc) is 2.17. The Morgan fingerprint density at radius 2 is 1.10 bits per heavy atom. The van der Waals surface area contributed by atoms with Gasteiger partial charge in [0.15, 0.2) is 0 Å². The zero-order valence-electron chi connectivity index (χ0n) is 10.3. The van der Waals surface area contributed by atoms with Gasteiger partial charge < -0.3 is 4.74 Å². The summed E-state index contributed by atoms with van der Waals surface area (Å²) in [5.74, 6) is 0. The SMILES string of the molecule is CCCCOCCC(C(F)(F)F)(C(F)(F)F)C(F)(F)F. The Labute approximate surface area is 109 Å². The molecule has 0 aliphatic rings. The van der Waals surface area contributed by atoms with Gasteiger partial charge in [-0.2, -0.15) is 39.5 Å². The molecule has 0 amide bonds. The zero-order valence-corrected chi connectivity index (χ0v) is 10.3. The third-order valence-electron chi connectivity index (χ3n) is 2.72. The number of alkyl halides is 9. The van der Waals surface area contributed by atoms with Crippen molar-refractivity contribution in [3.63, 3.8) is 0 Å². The van der Waals surface area contributed by atoms with Crippen molar-refractivity contribution < 1.29 is 44.3 Å². The zero-order chi connectivity index (χ0) is 16.2. The smallest absolute Gasteiger partial charge is 0.381 e. The van der Waals surface area contributed by atoms with Gasteiger partial charge in [0, 0.05) is 19.6 Å². The minimum atomic E-state index is -6.50. The molecule has 10 heteroatoms. The molecule has 0 aliphatic carbocycles. The number of hydrogen-bond acceptors (Lipinski definition) is 1. The van der Waals surface area contributed by atoms with Gasteiger partial charge in [0.2, 0.25) is 0 Å². The van der Waals surface area contributed by atoms with E-state index < -0.39 is 37.0 Å². The number of hydrogen-bond donors (Lipinski definition) is 0. The average molecular weight is 320 g/mol. The van der Waals surface area contributed by atoms with E-state index in [2.05, 4.69) is 4.74 Å². The van der Waals surface area contributed by atoms with E-state index in [1.807, 2.05) is 0 Å². The van der Waals surface area contributed by atoms with Crippen LogP contribution in [-0.2, 0) is 4.74 Å². The van der Waals surface area contributed by atoms with Crippen molar-refractivity contribution in [2.45, 2.75) is 44.7 Å². The fourth-order valence-electron chi connectivity index (χ4n) is 1.48. The topological polar surface area (TPSA) is 9.23 Å². The maximum atomic E-state index is 12.4. The maximum Gasteiger partial charge on any atom is 0.412 e. The van der Waals surface area contributed by atoms with Crippen molar-refractivity contribution in [3.8, 4) is 0 Å². The van der Waals surface area contributed by atoms with Crippen LogP contribution in [0.3, 0.4) is 0 Å². The second-order valence-electron chi connectivity index (χ2n) is 4.11. The van der Waals surface area contributed by atoms with Crippen molar-refractivity contribution in [3.05, 3.63) is 0 Å². The summed E-state index contributed by atoms with van der Waals surface area (Å²) in [6.45, 7) is 0.202. The number of ether oxygens (including phenoxy) is 1. The largest absolute Gasteiger partial charge is 0.412 e. The van der Waals surface area contributed by atoms with E-state index >= 15 is 0 Å². The third-order valence-corrected chi connectivity index (χ3v) is 2.72. The number of rotatable bonds is 6. The van der Waals surface area contributed by atoms with Crippen LogP contribution in [-0.4, -0.2) is 31.7 Å². The van der Waals surface area contributed by atoms with Gasteiger partial charge >= 0.3 is 18.5 Å². The van der Waals surface area contributed by atoms with Gasteiger partial charge in [-0.05, 0) is 6.42 Å². The lowest BCUT2D eigenvalue weighted by Gasteiger charge is -2.38. The molecule has 0 saturated carbocycles. The fraction of sp³-hybridized carbons (Fsp3) is 1.00. The van der Waals surface area contributed by atoms with E-state index in [0.717, 1.165) is 0 Å². The van der Waals surface area contributed by atoms with E-state index in [-0.39, 0.29) is 6.61 Å². The molecule has 0 heterocycles. The van der Waals surface area contributed by atoms with Gasteiger partial charge in [-0.15, -0.1) is 0 Å². The summed E-state index contributed by atoms with van der Waals surface area (Å²) in [6.07, 6.45) is -20.9. The maximum absolute atomic E-state index is 12.4. The van der Waals surface area contributed by atoms with E-state index in [4.69, 9.17) is 0 Å². The Balaban J connectivity index is 5.25. The molecule has 20 heavy (non-hydrogen) atoms. The number of unbranched alkanes of at least 4 members (excludes halogenated alkanes) is 1. The van der Waals surface area contributed by atoms with Crippen LogP contribution in [0.4, 0.5) is 39.5 Å². The van der Waals surface area contributed by atoms with Crippen LogP contribution >= 0.6 is 0 Å². The Morgan fingerprint density at radius 1 is 0.700 bits per heavy atom. The Kier molecular flexibility index (Phi) is 6.18. The molecule has 122 valence electrons. The van der Waals surface area contributed by atoms with Crippen LogP contribution in [0, 0.1) is 5.41 Å². The summed E-state index contributed by atoms with van der Waals surface area (Å²) in [6, 6.07) is 0. The van der Waals surface area contributed by atoms with Crippen LogP contribution in [0.5, 0.6) is 0 Å². The van der Waals surface area contributed by atoms with Crippen LogP contribution in [0.15, 0.2) is 0 Å². The van der Waals surface area contributed by atoms with Crippen LogP contribution in [0.25, 0.3) is 0 Å². The highest BCUT2D eigenvalue weighted by Gasteiger charge is 2.82. The molecule has 0 bridgehead atoms.